The van der Waals surface area contributed by atoms with Gasteiger partial charge in [-0.3, -0.25) is 0 Å². The molecule has 1 N–H and O–H groups in total. The number of aryl methyl sites for hydroxylation is 1. The molecule has 3 heteroatoms. The summed E-state index contributed by atoms with van der Waals surface area (Å²) in [5, 5.41) is 7.98. The SMILES string of the molecule is C=Cc1nc(C)sc1C=N.CC. The van der Waals surface area contributed by atoms with Crippen LogP contribution in [0.2, 0.25) is 0 Å². The smallest absolute Gasteiger partial charge is 0.0908 e. The lowest BCUT2D eigenvalue weighted by atomic mass is 10.4. The van der Waals surface area contributed by atoms with Crippen LogP contribution in [0.4, 0.5) is 0 Å². The van der Waals surface area contributed by atoms with Crippen molar-refractivity contribution in [2.24, 2.45) is 0 Å². The normalized spacial score (nSPS) is 8.25. The molecular weight excluding hydrogens is 168 g/mol. The first-order valence-corrected chi connectivity index (χ1v) is 4.70. The number of rotatable bonds is 2. The minimum atomic E-state index is 0.817. The van der Waals surface area contributed by atoms with E-state index in [2.05, 4.69) is 11.6 Å². The first-order chi connectivity index (χ1) is 5.77. The minimum Gasteiger partial charge on any atom is -0.307 e. The molecule has 0 aliphatic carbocycles. The van der Waals surface area contributed by atoms with Gasteiger partial charge in [0, 0.05) is 6.21 Å². The predicted octanol–water partition coefficient (Wildman–Crippen LogP) is 3.12. The Kier molecular flexibility index (Phi) is 5.21. The van der Waals surface area contributed by atoms with Crippen molar-refractivity contribution in [1.82, 2.24) is 4.98 Å². The molecule has 66 valence electrons. The lowest BCUT2D eigenvalue weighted by Gasteiger charge is -1.81. The van der Waals surface area contributed by atoms with E-state index in [-0.39, 0.29) is 0 Å². The van der Waals surface area contributed by atoms with E-state index in [1.54, 1.807) is 6.08 Å². The summed E-state index contributed by atoms with van der Waals surface area (Å²) in [4.78, 5) is 5.03. The highest BCUT2D eigenvalue weighted by Gasteiger charge is 2.00. The average Bonchev–Trinajstić information content (AvgIpc) is 2.49. The van der Waals surface area contributed by atoms with Crippen LogP contribution in [0.1, 0.15) is 29.4 Å². The summed E-state index contributed by atoms with van der Waals surface area (Å²) in [7, 11) is 0. The second kappa shape index (κ2) is 5.66. The molecule has 0 atom stereocenters. The number of aromatic nitrogens is 1. The van der Waals surface area contributed by atoms with Gasteiger partial charge in [-0.25, -0.2) is 4.98 Å². The maximum absolute atomic E-state index is 7.00. The molecule has 0 fully saturated rings. The standard InChI is InChI=1S/C7H8N2S.C2H6/c1-3-6-7(4-8)10-5(2)9-6;1-2/h3-4,8H,1H2,2H3;1-2H3. The molecule has 0 aliphatic rings. The minimum absolute atomic E-state index is 0.817. The van der Waals surface area contributed by atoms with Crippen LogP contribution in [0.25, 0.3) is 6.08 Å². The Balaban J connectivity index is 0.000000561. The highest BCUT2D eigenvalue weighted by Crippen LogP contribution is 2.15. The molecule has 1 rings (SSSR count). The summed E-state index contributed by atoms with van der Waals surface area (Å²) in [5.41, 5.74) is 0.817. The van der Waals surface area contributed by atoms with Crippen molar-refractivity contribution in [2.45, 2.75) is 20.8 Å². The van der Waals surface area contributed by atoms with Gasteiger partial charge in [0.1, 0.15) is 0 Å². The van der Waals surface area contributed by atoms with Crippen molar-refractivity contribution < 1.29 is 0 Å². The van der Waals surface area contributed by atoms with Gasteiger partial charge in [0.2, 0.25) is 0 Å². The van der Waals surface area contributed by atoms with Gasteiger partial charge in [-0.2, -0.15) is 0 Å². The summed E-state index contributed by atoms with van der Waals surface area (Å²) in [6, 6.07) is 0. The fourth-order valence-electron chi connectivity index (χ4n) is 0.709. The fraction of sp³-hybridized carbons (Fsp3) is 0.333. The molecule has 0 aliphatic heterocycles. The van der Waals surface area contributed by atoms with E-state index in [1.807, 2.05) is 20.8 Å². The van der Waals surface area contributed by atoms with E-state index in [9.17, 15) is 0 Å². The topological polar surface area (TPSA) is 36.7 Å². The van der Waals surface area contributed by atoms with E-state index < -0.39 is 0 Å². The number of nitrogens with one attached hydrogen (secondary N) is 1. The highest BCUT2D eigenvalue weighted by molar-refractivity contribution is 7.13. The molecule has 0 bridgehead atoms. The second-order valence-corrected chi connectivity index (χ2v) is 3.07. The zero-order chi connectivity index (χ0) is 9.56. The van der Waals surface area contributed by atoms with Gasteiger partial charge >= 0.3 is 0 Å². The Hall–Kier alpha value is -0.960. The molecule has 1 heterocycles. The number of nitrogens with zero attached hydrogens (tertiary/aromatic N) is 1. The molecule has 0 spiro atoms. The predicted molar refractivity (Wildman–Crippen MR) is 56.2 cm³/mol. The fourth-order valence-corrected chi connectivity index (χ4v) is 1.46. The zero-order valence-electron chi connectivity index (χ0n) is 7.72. The summed E-state index contributed by atoms with van der Waals surface area (Å²) in [5.74, 6) is 0. The Bertz CT molecular complexity index is 238. The lowest BCUT2D eigenvalue weighted by Crippen LogP contribution is -1.77. The molecule has 0 aromatic carbocycles. The van der Waals surface area contributed by atoms with Crippen LogP contribution in [0, 0.1) is 12.3 Å². The second-order valence-electron chi connectivity index (χ2n) is 1.83. The summed E-state index contributed by atoms with van der Waals surface area (Å²) < 4.78 is 0. The number of hydrogen-bond acceptors (Lipinski definition) is 3. The van der Waals surface area contributed by atoms with Crippen LogP contribution >= 0.6 is 11.3 Å². The number of hydrogen-bond donors (Lipinski definition) is 1. The summed E-state index contributed by atoms with van der Waals surface area (Å²) in [6.45, 7) is 9.52. The van der Waals surface area contributed by atoms with E-state index >= 15 is 0 Å². The first kappa shape index (κ1) is 11.0. The third-order valence-corrected chi connectivity index (χ3v) is 2.05. The van der Waals surface area contributed by atoms with Crippen LogP contribution in [0.3, 0.4) is 0 Å². The van der Waals surface area contributed by atoms with Gasteiger partial charge in [0.05, 0.1) is 15.6 Å². The molecule has 1 aromatic rings. The van der Waals surface area contributed by atoms with E-state index in [0.29, 0.717) is 0 Å². The van der Waals surface area contributed by atoms with Crippen molar-refractivity contribution in [2.75, 3.05) is 0 Å². The van der Waals surface area contributed by atoms with Gasteiger partial charge < -0.3 is 5.41 Å². The van der Waals surface area contributed by atoms with E-state index in [4.69, 9.17) is 5.41 Å². The van der Waals surface area contributed by atoms with Crippen molar-refractivity contribution in [3.05, 3.63) is 22.2 Å². The quantitative estimate of drug-likeness (QED) is 0.701. The Morgan fingerprint density at radius 3 is 2.42 bits per heavy atom. The average molecular weight is 182 g/mol. The maximum atomic E-state index is 7.00. The maximum Gasteiger partial charge on any atom is 0.0908 e. The van der Waals surface area contributed by atoms with Crippen molar-refractivity contribution in [3.8, 4) is 0 Å². The first-order valence-electron chi connectivity index (χ1n) is 3.88. The highest BCUT2D eigenvalue weighted by atomic mass is 32.1. The third kappa shape index (κ3) is 2.58. The van der Waals surface area contributed by atoms with Crippen LogP contribution in [-0.4, -0.2) is 11.2 Å². The van der Waals surface area contributed by atoms with Gasteiger partial charge in [0.25, 0.3) is 0 Å². The van der Waals surface area contributed by atoms with Crippen LogP contribution in [-0.2, 0) is 0 Å². The van der Waals surface area contributed by atoms with Crippen LogP contribution in [0.5, 0.6) is 0 Å². The molecular formula is C9H14N2S. The molecule has 0 amide bonds. The zero-order valence-corrected chi connectivity index (χ0v) is 8.53. The van der Waals surface area contributed by atoms with Crippen molar-refractivity contribution in [3.63, 3.8) is 0 Å². The van der Waals surface area contributed by atoms with Crippen LogP contribution in [0.15, 0.2) is 6.58 Å². The van der Waals surface area contributed by atoms with Crippen molar-refractivity contribution in [1.29, 1.82) is 5.41 Å². The Labute approximate surface area is 77.5 Å². The third-order valence-electron chi connectivity index (χ3n) is 1.11. The van der Waals surface area contributed by atoms with E-state index in [0.717, 1.165) is 15.6 Å². The van der Waals surface area contributed by atoms with Gasteiger partial charge in [0.15, 0.2) is 0 Å². The van der Waals surface area contributed by atoms with E-state index in [1.165, 1.54) is 17.6 Å². The molecule has 0 saturated carbocycles. The Morgan fingerprint density at radius 1 is 1.50 bits per heavy atom. The van der Waals surface area contributed by atoms with Gasteiger partial charge in [-0.05, 0) is 13.0 Å². The van der Waals surface area contributed by atoms with Crippen LogP contribution < -0.4 is 0 Å². The molecule has 0 saturated heterocycles. The van der Waals surface area contributed by atoms with Gasteiger partial charge in [-0.1, -0.05) is 20.4 Å². The van der Waals surface area contributed by atoms with Crippen molar-refractivity contribution >= 4 is 23.6 Å². The number of thiazole rings is 1. The molecule has 0 unspecified atom stereocenters. The summed E-state index contributed by atoms with van der Waals surface area (Å²) in [6.07, 6.45) is 2.98. The monoisotopic (exact) mass is 182 g/mol. The molecule has 1 aromatic heterocycles. The lowest BCUT2D eigenvalue weighted by molar-refractivity contribution is 1.27. The molecule has 2 nitrogen and oxygen atoms in total. The molecule has 12 heavy (non-hydrogen) atoms. The summed E-state index contributed by atoms with van der Waals surface area (Å²) >= 11 is 1.51. The largest absolute Gasteiger partial charge is 0.307 e. The molecule has 0 radical (unpaired) electrons. The Morgan fingerprint density at radius 2 is 2.08 bits per heavy atom. The van der Waals surface area contributed by atoms with Gasteiger partial charge in [-0.15, -0.1) is 11.3 Å².